The molecule has 0 aliphatic rings. The summed E-state index contributed by atoms with van der Waals surface area (Å²) in [7, 11) is 0. The summed E-state index contributed by atoms with van der Waals surface area (Å²) in [5.74, 6) is 0.408. The van der Waals surface area contributed by atoms with E-state index in [1.807, 2.05) is 31.2 Å². The molecule has 0 saturated carbocycles. The molecule has 0 aliphatic carbocycles. The van der Waals surface area contributed by atoms with Gasteiger partial charge in [0.2, 0.25) is 5.82 Å². The van der Waals surface area contributed by atoms with Crippen LogP contribution in [0.2, 0.25) is 0 Å². The zero-order chi connectivity index (χ0) is 16.4. The average molecular weight is 318 g/mol. The third-order valence-electron chi connectivity index (χ3n) is 3.48. The van der Waals surface area contributed by atoms with Crippen LogP contribution in [0.3, 0.4) is 0 Å². The van der Waals surface area contributed by atoms with Crippen molar-refractivity contribution in [1.29, 1.82) is 0 Å². The van der Waals surface area contributed by atoms with Gasteiger partial charge in [-0.3, -0.25) is 0 Å². The zero-order valence-corrected chi connectivity index (χ0v) is 12.3. The van der Waals surface area contributed by atoms with Gasteiger partial charge in [0, 0.05) is 11.1 Å². The molecular weight excluding hydrogens is 305 g/mol. The molecule has 0 unspecified atom stereocenters. The minimum Gasteiger partial charge on any atom is -0.334 e. The molecule has 0 bridgehead atoms. The molecule has 23 heavy (non-hydrogen) atoms. The lowest BCUT2D eigenvalue weighted by Gasteiger charge is -2.06. The van der Waals surface area contributed by atoms with Gasteiger partial charge < -0.3 is 4.52 Å². The molecule has 0 saturated heterocycles. The molecule has 1 heterocycles. The Kier molecular flexibility index (Phi) is 3.90. The fraction of sp³-hybridized carbons (Fsp3) is 0.176. The molecule has 118 valence electrons. The van der Waals surface area contributed by atoms with Crippen LogP contribution in [0.15, 0.2) is 53.1 Å². The quantitative estimate of drug-likeness (QED) is 0.683. The Bertz CT molecular complexity index is 807. The van der Waals surface area contributed by atoms with Gasteiger partial charge in [-0.2, -0.15) is 18.2 Å². The molecule has 3 nitrogen and oxygen atoms in total. The molecule has 0 N–H and O–H groups in total. The lowest BCUT2D eigenvalue weighted by molar-refractivity contribution is -0.137. The summed E-state index contributed by atoms with van der Waals surface area (Å²) in [5.41, 5.74) is 1.42. The third-order valence-corrected chi connectivity index (χ3v) is 3.48. The predicted molar refractivity (Wildman–Crippen MR) is 79.6 cm³/mol. The van der Waals surface area contributed by atoms with Gasteiger partial charge in [0.15, 0.2) is 0 Å². The lowest BCUT2D eigenvalue weighted by atomic mass is 10.1. The summed E-state index contributed by atoms with van der Waals surface area (Å²) in [4.78, 5) is 4.18. The van der Waals surface area contributed by atoms with Crippen LogP contribution in [-0.4, -0.2) is 10.1 Å². The minimum atomic E-state index is -4.40. The fourth-order valence-corrected chi connectivity index (χ4v) is 2.18. The maximum atomic E-state index is 12.8. The smallest absolute Gasteiger partial charge is 0.334 e. The van der Waals surface area contributed by atoms with Gasteiger partial charge in [-0.15, -0.1) is 0 Å². The summed E-state index contributed by atoms with van der Waals surface area (Å²) in [6, 6.07) is 12.5. The van der Waals surface area contributed by atoms with Crippen molar-refractivity contribution in [3.63, 3.8) is 0 Å². The highest BCUT2D eigenvalue weighted by molar-refractivity contribution is 5.60. The van der Waals surface area contributed by atoms with Crippen molar-refractivity contribution in [2.45, 2.75) is 19.5 Å². The van der Waals surface area contributed by atoms with E-state index in [1.54, 1.807) is 0 Å². The van der Waals surface area contributed by atoms with E-state index in [4.69, 9.17) is 4.52 Å². The number of benzene rings is 2. The highest BCUT2D eigenvalue weighted by Gasteiger charge is 2.30. The molecule has 0 radical (unpaired) electrons. The molecule has 0 spiro atoms. The van der Waals surface area contributed by atoms with E-state index in [1.165, 1.54) is 17.7 Å². The van der Waals surface area contributed by atoms with Crippen molar-refractivity contribution in [3.8, 4) is 22.8 Å². The number of rotatable bonds is 3. The molecule has 1 aromatic heterocycles. The van der Waals surface area contributed by atoms with Crippen molar-refractivity contribution in [3.05, 3.63) is 59.7 Å². The number of aromatic nitrogens is 2. The Labute approximate surface area is 130 Å². The summed E-state index contributed by atoms with van der Waals surface area (Å²) in [6.45, 7) is 2.05. The van der Waals surface area contributed by atoms with Crippen molar-refractivity contribution < 1.29 is 17.7 Å². The first-order chi connectivity index (χ1) is 11.0. The van der Waals surface area contributed by atoms with Crippen molar-refractivity contribution in [2.24, 2.45) is 0 Å². The largest absolute Gasteiger partial charge is 0.416 e. The van der Waals surface area contributed by atoms with Crippen LogP contribution in [0.1, 0.15) is 18.1 Å². The van der Waals surface area contributed by atoms with Gasteiger partial charge in [-0.05, 0) is 36.2 Å². The first-order valence-corrected chi connectivity index (χ1v) is 7.08. The first-order valence-electron chi connectivity index (χ1n) is 7.08. The first kappa shape index (κ1) is 15.3. The fourth-order valence-electron chi connectivity index (χ4n) is 2.18. The van der Waals surface area contributed by atoms with E-state index in [9.17, 15) is 13.2 Å². The lowest BCUT2D eigenvalue weighted by Crippen LogP contribution is -2.04. The standard InChI is InChI=1S/C17H13F3N2O/c1-2-11-6-8-12(9-7-11)16-21-15(22-23-16)13-4-3-5-14(10-13)17(18,19)20/h3-10H,2H2,1H3. The Morgan fingerprint density at radius 2 is 1.74 bits per heavy atom. The van der Waals surface area contributed by atoms with Gasteiger partial charge in [-0.25, -0.2) is 0 Å². The number of nitrogens with zero attached hydrogens (tertiary/aromatic N) is 2. The van der Waals surface area contributed by atoms with E-state index in [2.05, 4.69) is 10.1 Å². The number of hydrogen-bond acceptors (Lipinski definition) is 3. The van der Waals surface area contributed by atoms with Crippen molar-refractivity contribution in [2.75, 3.05) is 0 Å². The van der Waals surface area contributed by atoms with Crippen LogP contribution in [0, 0.1) is 0 Å². The maximum absolute atomic E-state index is 12.8. The summed E-state index contributed by atoms with van der Waals surface area (Å²) < 4.78 is 43.4. The minimum absolute atomic E-state index is 0.130. The zero-order valence-electron chi connectivity index (χ0n) is 12.3. The monoisotopic (exact) mass is 318 g/mol. The van der Waals surface area contributed by atoms with Crippen LogP contribution in [0.5, 0.6) is 0 Å². The molecule has 0 aliphatic heterocycles. The maximum Gasteiger partial charge on any atom is 0.416 e. The third kappa shape index (κ3) is 3.26. The van der Waals surface area contributed by atoms with E-state index >= 15 is 0 Å². The van der Waals surface area contributed by atoms with E-state index in [0.717, 1.165) is 24.1 Å². The summed E-state index contributed by atoms with van der Waals surface area (Å²) in [6.07, 6.45) is -3.49. The number of halogens is 3. The van der Waals surface area contributed by atoms with Crippen LogP contribution in [0.25, 0.3) is 22.8 Å². The molecule has 2 aromatic carbocycles. The van der Waals surface area contributed by atoms with Gasteiger partial charge >= 0.3 is 6.18 Å². The molecule has 0 amide bonds. The molecule has 6 heteroatoms. The second-order valence-corrected chi connectivity index (χ2v) is 5.05. The highest BCUT2D eigenvalue weighted by Crippen LogP contribution is 2.32. The second kappa shape index (κ2) is 5.87. The van der Waals surface area contributed by atoms with Crippen molar-refractivity contribution >= 4 is 0 Å². The van der Waals surface area contributed by atoms with Crippen molar-refractivity contribution in [1.82, 2.24) is 10.1 Å². The number of aryl methyl sites for hydroxylation is 1. The summed E-state index contributed by atoms with van der Waals surface area (Å²) >= 11 is 0. The number of alkyl halides is 3. The molecule has 0 atom stereocenters. The van der Waals surface area contributed by atoms with E-state index in [-0.39, 0.29) is 17.3 Å². The number of hydrogen-bond donors (Lipinski definition) is 0. The van der Waals surface area contributed by atoms with Gasteiger partial charge in [0.05, 0.1) is 5.56 Å². The van der Waals surface area contributed by atoms with E-state index in [0.29, 0.717) is 0 Å². The second-order valence-electron chi connectivity index (χ2n) is 5.05. The molecular formula is C17H13F3N2O. The van der Waals surface area contributed by atoms with Crippen LogP contribution in [0.4, 0.5) is 13.2 Å². The van der Waals surface area contributed by atoms with Crippen LogP contribution >= 0.6 is 0 Å². The Balaban J connectivity index is 1.92. The van der Waals surface area contributed by atoms with E-state index < -0.39 is 11.7 Å². The predicted octanol–water partition coefficient (Wildman–Crippen LogP) is 4.98. The summed E-state index contributed by atoms with van der Waals surface area (Å²) in [5, 5.41) is 3.78. The van der Waals surface area contributed by atoms with Gasteiger partial charge in [0.1, 0.15) is 0 Å². The molecule has 0 fully saturated rings. The Morgan fingerprint density at radius 1 is 1.00 bits per heavy atom. The van der Waals surface area contributed by atoms with Crippen LogP contribution < -0.4 is 0 Å². The Hall–Kier alpha value is -2.63. The van der Waals surface area contributed by atoms with Gasteiger partial charge in [-0.1, -0.05) is 36.3 Å². The normalized spacial score (nSPS) is 11.7. The average Bonchev–Trinajstić information content (AvgIpc) is 3.04. The SMILES string of the molecule is CCc1ccc(-c2nc(-c3cccc(C(F)(F)F)c3)no2)cc1. The molecule has 3 rings (SSSR count). The highest BCUT2D eigenvalue weighted by atomic mass is 19.4. The van der Waals surface area contributed by atoms with Crippen LogP contribution in [-0.2, 0) is 12.6 Å². The molecule has 3 aromatic rings. The Morgan fingerprint density at radius 3 is 2.39 bits per heavy atom. The topological polar surface area (TPSA) is 38.9 Å². The van der Waals surface area contributed by atoms with Gasteiger partial charge in [0.25, 0.3) is 5.89 Å².